The molecule has 0 atom stereocenters. The van der Waals surface area contributed by atoms with Crippen LogP contribution in [0.4, 0.5) is 0 Å². The largest absolute Gasteiger partial charge is 0.518 e. The van der Waals surface area contributed by atoms with Gasteiger partial charge in [-0.2, -0.15) is 0 Å². The van der Waals surface area contributed by atoms with Crippen LogP contribution in [-0.4, -0.2) is 40.4 Å². The first-order valence-electron chi connectivity index (χ1n) is 7.69. The molecule has 0 bridgehead atoms. The van der Waals surface area contributed by atoms with Crippen molar-refractivity contribution >= 4 is 12.7 Å². The summed E-state index contributed by atoms with van der Waals surface area (Å²) in [6, 6.07) is 7.88. The summed E-state index contributed by atoms with van der Waals surface area (Å²) in [5, 5.41) is 8.37. The highest BCUT2D eigenvalue weighted by atomic mass is 16.7. The van der Waals surface area contributed by atoms with E-state index in [2.05, 4.69) is 10.3 Å². The first-order valence-corrected chi connectivity index (χ1v) is 7.69. The van der Waals surface area contributed by atoms with E-state index >= 15 is 0 Å². The fourth-order valence-electron chi connectivity index (χ4n) is 2.38. The molecule has 6 nitrogen and oxygen atoms in total. The third-order valence-electron chi connectivity index (χ3n) is 4.55. The standard InChI is InChI=1S/C16H22BN3O3/c1-15(2)16(3,4)23-17(22-15)14-11-20(19-18-14)10-12-6-8-13(21-5)9-7-12/h6-9,11H,10H2,1-5H3. The van der Waals surface area contributed by atoms with E-state index in [0.717, 1.165) is 11.3 Å². The number of rotatable bonds is 4. The van der Waals surface area contributed by atoms with Crippen LogP contribution in [0.15, 0.2) is 30.5 Å². The van der Waals surface area contributed by atoms with Gasteiger partial charge in [0.05, 0.1) is 24.9 Å². The van der Waals surface area contributed by atoms with E-state index in [-0.39, 0.29) is 11.2 Å². The van der Waals surface area contributed by atoms with Crippen LogP contribution in [0.5, 0.6) is 5.75 Å². The van der Waals surface area contributed by atoms with Gasteiger partial charge >= 0.3 is 7.12 Å². The minimum Gasteiger partial charge on any atom is -0.497 e. The molecule has 1 aromatic heterocycles. The lowest BCUT2D eigenvalue weighted by molar-refractivity contribution is 0.00578. The molecule has 1 aromatic carbocycles. The van der Waals surface area contributed by atoms with Gasteiger partial charge in [0, 0.05) is 6.20 Å². The Hall–Kier alpha value is -1.86. The Kier molecular flexibility index (Phi) is 3.94. The third kappa shape index (κ3) is 3.11. The fourth-order valence-corrected chi connectivity index (χ4v) is 2.38. The summed E-state index contributed by atoms with van der Waals surface area (Å²) in [4.78, 5) is 0. The Bertz CT molecular complexity index is 666. The van der Waals surface area contributed by atoms with Crippen LogP contribution < -0.4 is 10.3 Å². The van der Waals surface area contributed by atoms with Crippen molar-refractivity contribution in [1.82, 2.24) is 15.0 Å². The number of methoxy groups -OCH3 is 1. The minimum atomic E-state index is -0.482. The topological polar surface area (TPSA) is 58.4 Å². The molecular weight excluding hydrogens is 293 g/mol. The predicted octanol–water partition coefficient (Wildman–Crippen LogP) is 1.63. The zero-order valence-corrected chi connectivity index (χ0v) is 14.2. The van der Waals surface area contributed by atoms with Crippen LogP contribution in [0.1, 0.15) is 33.3 Å². The molecule has 1 aliphatic heterocycles. The predicted molar refractivity (Wildman–Crippen MR) is 87.8 cm³/mol. The molecule has 7 heteroatoms. The average Bonchev–Trinajstić information content (AvgIpc) is 3.03. The van der Waals surface area contributed by atoms with Gasteiger partial charge in [0.15, 0.2) is 0 Å². The van der Waals surface area contributed by atoms with Crippen molar-refractivity contribution in [2.45, 2.75) is 45.4 Å². The number of ether oxygens (including phenoxy) is 1. The molecule has 0 spiro atoms. The first kappa shape index (κ1) is 16.0. The zero-order chi connectivity index (χ0) is 16.7. The van der Waals surface area contributed by atoms with Gasteiger partial charge in [-0.25, -0.2) is 4.68 Å². The molecule has 0 N–H and O–H groups in total. The van der Waals surface area contributed by atoms with Crippen molar-refractivity contribution in [3.05, 3.63) is 36.0 Å². The summed E-state index contributed by atoms with van der Waals surface area (Å²) in [6.45, 7) is 8.73. The highest BCUT2D eigenvalue weighted by Crippen LogP contribution is 2.36. The van der Waals surface area contributed by atoms with E-state index in [1.54, 1.807) is 11.8 Å². The second-order valence-corrected chi connectivity index (χ2v) is 6.78. The van der Waals surface area contributed by atoms with E-state index in [0.29, 0.717) is 12.1 Å². The van der Waals surface area contributed by atoms with Gasteiger partial charge in [-0.1, -0.05) is 17.3 Å². The fraction of sp³-hybridized carbons (Fsp3) is 0.500. The van der Waals surface area contributed by atoms with Crippen molar-refractivity contribution in [2.24, 2.45) is 0 Å². The van der Waals surface area contributed by atoms with Gasteiger partial charge in [-0.15, -0.1) is 5.10 Å². The second kappa shape index (κ2) is 5.65. The molecule has 0 unspecified atom stereocenters. The third-order valence-corrected chi connectivity index (χ3v) is 4.55. The summed E-state index contributed by atoms with van der Waals surface area (Å²) >= 11 is 0. The number of hydrogen-bond acceptors (Lipinski definition) is 5. The molecular formula is C16H22BN3O3. The maximum Gasteiger partial charge on any atom is 0.518 e. The lowest BCUT2D eigenvalue weighted by Crippen LogP contribution is -2.41. The first-order chi connectivity index (χ1) is 10.8. The summed E-state index contributed by atoms with van der Waals surface area (Å²) in [6.07, 6.45) is 1.87. The molecule has 2 heterocycles. The number of aromatic nitrogens is 3. The van der Waals surface area contributed by atoms with Crippen molar-refractivity contribution < 1.29 is 14.0 Å². The van der Waals surface area contributed by atoms with Gasteiger partial charge < -0.3 is 14.0 Å². The summed E-state index contributed by atoms with van der Waals surface area (Å²) in [7, 11) is 1.17. The molecule has 122 valence electrons. The number of hydrogen-bond donors (Lipinski definition) is 0. The molecule has 0 aliphatic carbocycles. The summed E-state index contributed by atoms with van der Waals surface area (Å²) < 4.78 is 18.9. The van der Waals surface area contributed by atoms with Gasteiger partial charge in [0.25, 0.3) is 0 Å². The van der Waals surface area contributed by atoms with E-state index < -0.39 is 7.12 Å². The number of benzene rings is 1. The molecule has 1 fully saturated rings. The number of nitrogens with zero attached hydrogens (tertiary/aromatic N) is 3. The minimum absolute atomic E-state index is 0.378. The normalized spacial score (nSPS) is 19.1. The van der Waals surface area contributed by atoms with Gasteiger partial charge in [0.1, 0.15) is 11.3 Å². The average molecular weight is 315 g/mol. The Labute approximate surface area is 136 Å². The molecule has 3 rings (SSSR count). The summed E-state index contributed by atoms with van der Waals surface area (Å²) in [5.74, 6) is 0.838. The van der Waals surface area contributed by atoms with E-state index in [9.17, 15) is 0 Å². The van der Waals surface area contributed by atoms with E-state index in [1.165, 1.54) is 0 Å². The lowest BCUT2D eigenvalue weighted by Gasteiger charge is -2.32. The molecule has 23 heavy (non-hydrogen) atoms. The zero-order valence-electron chi connectivity index (χ0n) is 14.2. The van der Waals surface area contributed by atoms with Crippen LogP contribution in [0.25, 0.3) is 0 Å². The molecule has 1 saturated heterocycles. The van der Waals surface area contributed by atoms with Gasteiger partial charge in [-0.3, -0.25) is 0 Å². The molecule has 0 saturated carbocycles. The van der Waals surface area contributed by atoms with Crippen LogP contribution in [0.2, 0.25) is 0 Å². The quantitative estimate of drug-likeness (QED) is 0.803. The molecule has 0 amide bonds. The Morgan fingerprint density at radius 2 is 1.70 bits per heavy atom. The van der Waals surface area contributed by atoms with Gasteiger partial charge in [-0.05, 0) is 45.4 Å². The van der Waals surface area contributed by atoms with Crippen molar-refractivity contribution in [2.75, 3.05) is 7.11 Å². The SMILES string of the molecule is COc1ccc(Cn2cc(B3OC(C)(C)C(C)(C)O3)nn2)cc1. The Morgan fingerprint density at radius 1 is 1.09 bits per heavy atom. The monoisotopic (exact) mass is 315 g/mol. The van der Waals surface area contributed by atoms with E-state index in [1.807, 2.05) is 58.2 Å². The van der Waals surface area contributed by atoms with Crippen LogP contribution in [-0.2, 0) is 15.9 Å². The van der Waals surface area contributed by atoms with Crippen LogP contribution in [0.3, 0.4) is 0 Å². The van der Waals surface area contributed by atoms with E-state index in [4.69, 9.17) is 14.0 Å². The molecule has 1 aliphatic rings. The van der Waals surface area contributed by atoms with Crippen LogP contribution >= 0.6 is 0 Å². The lowest BCUT2D eigenvalue weighted by atomic mass is 9.86. The Morgan fingerprint density at radius 3 is 2.26 bits per heavy atom. The molecule has 0 radical (unpaired) electrons. The van der Waals surface area contributed by atoms with Crippen molar-refractivity contribution in [3.63, 3.8) is 0 Å². The second-order valence-electron chi connectivity index (χ2n) is 6.78. The maximum atomic E-state index is 5.99. The summed E-state index contributed by atoms with van der Waals surface area (Å²) in [5.41, 5.74) is 1.06. The van der Waals surface area contributed by atoms with Crippen molar-refractivity contribution in [3.8, 4) is 5.75 Å². The Balaban J connectivity index is 1.71. The highest BCUT2D eigenvalue weighted by molar-refractivity contribution is 6.61. The van der Waals surface area contributed by atoms with Crippen LogP contribution in [0, 0.1) is 0 Å². The smallest absolute Gasteiger partial charge is 0.497 e. The highest BCUT2D eigenvalue weighted by Gasteiger charge is 2.52. The van der Waals surface area contributed by atoms with Crippen molar-refractivity contribution in [1.29, 1.82) is 0 Å². The molecule has 2 aromatic rings. The van der Waals surface area contributed by atoms with Gasteiger partial charge in [0.2, 0.25) is 0 Å². The maximum absolute atomic E-state index is 5.99.